The van der Waals surface area contributed by atoms with Gasteiger partial charge in [0.15, 0.2) is 5.96 Å². The number of amides is 1. The summed E-state index contributed by atoms with van der Waals surface area (Å²) in [6, 6.07) is 16.1. The van der Waals surface area contributed by atoms with Crippen molar-refractivity contribution >= 4 is 23.5 Å². The van der Waals surface area contributed by atoms with Gasteiger partial charge in [-0.3, -0.25) is 9.79 Å². The van der Waals surface area contributed by atoms with E-state index in [2.05, 4.69) is 33.8 Å². The molecule has 1 amide bonds. The molecule has 142 valence electrons. The molecule has 2 aromatic rings. The van der Waals surface area contributed by atoms with E-state index in [1.807, 2.05) is 35.2 Å². The van der Waals surface area contributed by atoms with E-state index in [1.165, 1.54) is 11.1 Å². The van der Waals surface area contributed by atoms with Crippen LogP contribution >= 0.6 is 11.6 Å². The van der Waals surface area contributed by atoms with Gasteiger partial charge in [-0.05, 0) is 41.7 Å². The molecule has 2 aromatic carbocycles. The van der Waals surface area contributed by atoms with Crippen LogP contribution in [-0.4, -0.2) is 43.4 Å². The van der Waals surface area contributed by atoms with Crippen LogP contribution in [0.4, 0.5) is 0 Å². The van der Waals surface area contributed by atoms with Crippen LogP contribution in [-0.2, 0) is 24.2 Å². The maximum atomic E-state index is 12.5. The Morgan fingerprint density at radius 2 is 1.96 bits per heavy atom. The number of benzene rings is 2. The average Bonchev–Trinajstić information content (AvgIpc) is 2.70. The maximum Gasteiger partial charge on any atom is 0.242 e. The largest absolute Gasteiger partial charge is 0.356 e. The van der Waals surface area contributed by atoms with Crippen LogP contribution in [0.2, 0.25) is 5.02 Å². The molecule has 0 radical (unpaired) electrons. The van der Waals surface area contributed by atoms with Gasteiger partial charge >= 0.3 is 0 Å². The lowest BCUT2D eigenvalue weighted by Crippen LogP contribution is -2.46. The number of carbonyl (C=O) groups excluding carboxylic acids is 1. The minimum Gasteiger partial charge on any atom is -0.356 e. The Morgan fingerprint density at radius 1 is 1.15 bits per heavy atom. The van der Waals surface area contributed by atoms with Gasteiger partial charge in [0.05, 0.1) is 6.54 Å². The summed E-state index contributed by atoms with van der Waals surface area (Å²) in [7, 11) is 1.70. The second kappa shape index (κ2) is 9.42. The highest BCUT2D eigenvalue weighted by atomic mass is 35.5. The van der Waals surface area contributed by atoms with Crippen molar-refractivity contribution in [3.8, 4) is 0 Å². The summed E-state index contributed by atoms with van der Waals surface area (Å²) < 4.78 is 0. The Kier molecular flexibility index (Phi) is 6.71. The fourth-order valence-electron chi connectivity index (χ4n) is 3.22. The van der Waals surface area contributed by atoms with E-state index in [4.69, 9.17) is 11.6 Å². The third-order valence-electron chi connectivity index (χ3n) is 4.71. The number of carbonyl (C=O) groups is 1. The minimum atomic E-state index is 0.0855. The first-order valence-corrected chi connectivity index (χ1v) is 9.57. The zero-order valence-corrected chi connectivity index (χ0v) is 16.3. The van der Waals surface area contributed by atoms with E-state index >= 15 is 0 Å². The zero-order valence-electron chi connectivity index (χ0n) is 15.5. The molecule has 0 saturated carbocycles. The molecule has 0 spiro atoms. The van der Waals surface area contributed by atoms with Crippen molar-refractivity contribution < 1.29 is 4.79 Å². The van der Waals surface area contributed by atoms with Gasteiger partial charge in [0.2, 0.25) is 5.91 Å². The van der Waals surface area contributed by atoms with Crippen LogP contribution in [0.5, 0.6) is 0 Å². The predicted octanol–water partition coefficient (Wildman–Crippen LogP) is 2.63. The van der Waals surface area contributed by atoms with Crippen LogP contribution < -0.4 is 10.6 Å². The summed E-state index contributed by atoms with van der Waals surface area (Å²) in [5, 5.41) is 7.09. The van der Waals surface area contributed by atoms with E-state index in [0.717, 1.165) is 30.0 Å². The van der Waals surface area contributed by atoms with Crippen molar-refractivity contribution in [3.05, 3.63) is 70.2 Å². The number of guanidine groups is 1. The molecule has 0 aromatic heterocycles. The standard InChI is InChI=1S/C21H25ClN4O/c1-23-21(24-11-9-16-5-4-8-19(22)13-16)25-14-20(27)26-12-10-17-6-2-3-7-18(17)15-26/h2-8,13H,9-12,14-15H2,1H3,(H2,23,24,25). The Bertz CT molecular complexity index is 821. The maximum absolute atomic E-state index is 12.5. The molecule has 0 saturated heterocycles. The van der Waals surface area contributed by atoms with E-state index in [1.54, 1.807) is 7.05 Å². The van der Waals surface area contributed by atoms with Gasteiger partial charge in [0.1, 0.15) is 0 Å². The highest BCUT2D eigenvalue weighted by molar-refractivity contribution is 6.30. The van der Waals surface area contributed by atoms with Gasteiger partial charge in [0.25, 0.3) is 0 Å². The topological polar surface area (TPSA) is 56.7 Å². The highest BCUT2D eigenvalue weighted by Crippen LogP contribution is 2.18. The van der Waals surface area contributed by atoms with E-state index < -0.39 is 0 Å². The number of halogens is 1. The van der Waals surface area contributed by atoms with Crippen molar-refractivity contribution in [2.24, 2.45) is 4.99 Å². The SMILES string of the molecule is CN=C(NCCc1cccc(Cl)c1)NCC(=O)N1CCc2ccccc2C1. The third-order valence-corrected chi connectivity index (χ3v) is 4.94. The lowest BCUT2D eigenvalue weighted by molar-refractivity contribution is -0.130. The van der Waals surface area contributed by atoms with Crippen LogP contribution in [0, 0.1) is 0 Å². The fraction of sp³-hybridized carbons (Fsp3) is 0.333. The molecule has 0 fully saturated rings. The number of nitrogens with zero attached hydrogens (tertiary/aromatic N) is 2. The molecule has 27 heavy (non-hydrogen) atoms. The molecule has 0 aliphatic carbocycles. The number of hydrogen-bond acceptors (Lipinski definition) is 2. The first-order chi connectivity index (χ1) is 13.2. The first-order valence-electron chi connectivity index (χ1n) is 9.19. The van der Waals surface area contributed by atoms with Crippen molar-refractivity contribution in [1.29, 1.82) is 0 Å². The summed E-state index contributed by atoms with van der Waals surface area (Å²) in [4.78, 5) is 18.6. The lowest BCUT2D eigenvalue weighted by Gasteiger charge is -2.29. The van der Waals surface area contributed by atoms with Crippen molar-refractivity contribution in [2.45, 2.75) is 19.4 Å². The molecule has 1 heterocycles. The van der Waals surface area contributed by atoms with Crippen molar-refractivity contribution in [1.82, 2.24) is 15.5 Å². The molecule has 3 rings (SSSR count). The summed E-state index contributed by atoms with van der Waals surface area (Å²) in [6.07, 6.45) is 1.74. The van der Waals surface area contributed by atoms with Gasteiger partial charge in [-0.1, -0.05) is 48.0 Å². The van der Waals surface area contributed by atoms with Gasteiger partial charge in [0, 0.05) is 31.7 Å². The Labute approximate surface area is 165 Å². The van der Waals surface area contributed by atoms with Crippen molar-refractivity contribution in [2.75, 3.05) is 26.7 Å². The Balaban J connectivity index is 1.43. The normalized spacial score (nSPS) is 13.9. The quantitative estimate of drug-likeness (QED) is 0.615. The fourth-order valence-corrected chi connectivity index (χ4v) is 3.43. The molecule has 5 nitrogen and oxygen atoms in total. The number of aliphatic imine (C=N–C) groups is 1. The molecule has 2 N–H and O–H groups in total. The van der Waals surface area contributed by atoms with Gasteiger partial charge in [-0.2, -0.15) is 0 Å². The number of nitrogens with one attached hydrogen (secondary N) is 2. The van der Waals surface area contributed by atoms with Crippen LogP contribution in [0.3, 0.4) is 0 Å². The average molecular weight is 385 g/mol. The monoisotopic (exact) mass is 384 g/mol. The number of hydrogen-bond donors (Lipinski definition) is 2. The van der Waals surface area contributed by atoms with Gasteiger partial charge in [-0.15, -0.1) is 0 Å². The van der Waals surface area contributed by atoms with Crippen LogP contribution in [0.15, 0.2) is 53.5 Å². The summed E-state index contributed by atoms with van der Waals surface area (Å²) in [6.45, 7) is 2.39. The molecule has 6 heteroatoms. The summed E-state index contributed by atoms with van der Waals surface area (Å²) in [5.41, 5.74) is 3.74. The van der Waals surface area contributed by atoms with E-state index in [0.29, 0.717) is 19.0 Å². The number of rotatable bonds is 5. The van der Waals surface area contributed by atoms with E-state index in [-0.39, 0.29) is 12.5 Å². The molecular weight excluding hydrogens is 360 g/mol. The molecular formula is C21H25ClN4O. The molecule has 0 atom stereocenters. The van der Waals surface area contributed by atoms with Crippen molar-refractivity contribution in [3.63, 3.8) is 0 Å². The Hall–Kier alpha value is -2.53. The molecule has 1 aliphatic rings. The van der Waals surface area contributed by atoms with Crippen LogP contribution in [0.1, 0.15) is 16.7 Å². The molecule has 0 bridgehead atoms. The predicted molar refractivity (Wildman–Crippen MR) is 110 cm³/mol. The third kappa shape index (κ3) is 5.47. The molecule has 0 unspecified atom stereocenters. The van der Waals surface area contributed by atoms with E-state index in [9.17, 15) is 4.79 Å². The lowest BCUT2D eigenvalue weighted by atomic mass is 10.00. The molecule has 1 aliphatic heterocycles. The first kappa shape index (κ1) is 19.2. The summed E-state index contributed by atoms with van der Waals surface area (Å²) >= 11 is 6.00. The van der Waals surface area contributed by atoms with Crippen LogP contribution in [0.25, 0.3) is 0 Å². The summed E-state index contributed by atoms with van der Waals surface area (Å²) in [5.74, 6) is 0.713. The second-order valence-electron chi connectivity index (χ2n) is 6.57. The van der Waals surface area contributed by atoms with Gasteiger partial charge < -0.3 is 15.5 Å². The zero-order chi connectivity index (χ0) is 19.1. The second-order valence-corrected chi connectivity index (χ2v) is 7.00. The Morgan fingerprint density at radius 3 is 2.74 bits per heavy atom. The van der Waals surface area contributed by atoms with Gasteiger partial charge in [-0.25, -0.2) is 0 Å². The minimum absolute atomic E-state index is 0.0855. The smallest absolute Gasteiger partial charge is 0.242 e. The number of fused-ring (bicyclic) bond motifs is 1. The highest BCUT2D eigenvalue weighted by Gasteiger charge is 2.20.